The van der Waals surface area contributed by atoms with Gasteiger partial charge in [-0.05, 0) is 31.2 Å². The van der Waals surface area contributed by atoms with Crippen LogP contribution in [0.3, 0.4) is 0 Å². The molecule has 4 nitrogen and oxygen atoms in total. The van der Waals surface area contributed by atoms with E-state index in [2.05, 4.69) is 22.6 Å². The van der Waals surface area contributed by atoms with Gasteiger partial charge in [0, 0.05) is 18.5 Å². The zero-order valence-corrected chi connectivity index (χ0v) is 11.4. The number of benzene rings is 1. The predicted octanol–water partition coefficient (Wildman–Crippen LogP) is 2.53. The number of amides is 1. The van der Waals surface area contributed by atoms with Crippen molar-refractivity contribution in [1.82, 2.24) is 10.5 Å². The van der Waals surface area contributed by atoms with Crippen molar-refractivity contribution in [2.45, 2.75) is 32.1 Å². The number of carbonyl (C=O) groups is 1. The van der Waals surface area contributed by atoms with Gasteiger partial charge in [-0.25, -0.2) is 0 Å². The quantitative estimate of drug-likeness (QED) is 0.928. The molecule has 1 heterocycles. The van der Waals surface area contributed by atoms with Gasteiger partial charge in [0.2, 0.25) is 0 Å². The van der Waals surface area contributed by atoms with Crippen molar-refractivity contribution in [3.63, 3.8) is 0 Å². The lowest BCUT2D eigenvalue weighted by Gasteiger charge is -2.09. The molecule has 1 aliphatic rings. The molecule has 4 heteroatoms. The molecule has 104 valence electrons. The molecule has 20 heavy (non-hydrogen) atoms. The first-order valence-electron chi connectivity index (χ1n) is 7.14. The molecule has 2 aromatic rings. The van der Waals surface area contributed by atoms with E-state index in [9.17, 15) is 4.79 Å². The number of aromatic nitrogens is 1. The van der Waals surface area contributed by atoms with Crippen molar-refractivity contribution < 1.29 is 9.32 Å². The second kappa shape index (κ2) is 5.90. The number of hydrogen-bond acceptors (Lipinski definition) is 3. The van der Waals surface area contributed by atoms with Gasteiger partial charge < -0.3 is 9.84 Å². The number of rotatable bonds is 4. The highest BCUT2D eigenvalue weighted by Crippen LogP contribution is 2.23. The van der Waals surface area contributed by atoms with Crippen molar-refractivity contribution >= 4 is 5.91 Å². The van der Waals surface area contributed by atoms with E-state index in [4.69, 9.17) is 4.52 Å². The molecule has 0 saturated heterocycles. The van der Waals surface area contributed by atoms with Crippen LogP contribution >= 0.6 is 0 Å². The van der Waals surface area contributed by atoms with E-state index in [0.717, 1.165) is 43.4 Å². The van der Waals surface area contributed by atoms with E-state index in [1.165, 1.54) is 5.56 Å². The van der Waals surface area contributed by atoms with Crippen molar-refractivity contribution in [2.75, 3.05) is 6.54 Å². The number of carbonyl (C=O) groups excluding carboxylic acids is 1. The van der Waals surface area contributed by atoms with E-state index < -0.39 is 0 Å². The molecule has 3 rings (SSSR count). The fraction of sp³-hybridized carbons (Fsp3) is 0.375. The summed E-state index contributed by atoms with van der Waals surface area (Å²) < 4.78 is 5.26. The Morgan fingerprint density at radius 3 is 2.85 bits per heavy atom. The van der Waals surface area contributed by atoms with Crippen molar-refractivity contribution in [3.05, 3.63) is 52.9 Å². The van der Waals surface area contributed by atoms with Crippen LogP contribution in [0, 0.1) is 0 Å². The molecule has 0 unspecified atom stereocenters. The maximum Gasteiger partial charge on any atom is 0.273 e. The fourth-order valence-corrected chi connectivity index (χ4v) is 2.61. The molecular formula is C16H18N2O2. The standard InChI is InChI=1S/C16H18N2O2/c19-16(17-11-10-12-6-2-1-3-7-12)15-13-8-4-5-9-14(13)20-18-15/h1-3,6-7H,4-5,8-11H2,(H,17,19). The zero-order chi connectivity index (χ0) is 13.8. The van der Waals surface area contributed by atoms with Crippen LogP contribution in [0.1, 0.15) is 40.2 Å². The lowest BCUT2D eigenvalue weighted by Crippen LogP contribution is -2.27. The average Bonchev–Trinajstić information content (AvgIpc) is 2.92. The SMILES string of the molecule is O=C(NCCc1ccccc1)c1noc2c1CCCC2. The molecule has 0 fully saturated rings. The minimum atomic E-state index is -0.118. The van der Waals surface area contributed by atoms with Gasteiger partial charge >= 0.3 is 0 Å². The zero-order valence-electron chi connectivity index (χ0n) is 11.4. The minimum Gasteiger partial charge on any atom is -0.360 e. The number of hydrogen-bond donors (Lipinski definition) is 1. The van der Waals surface area contributed by atoms with Gasteiger partial charge in [0.25, 0.3) is 5.91 Å². The van der Waals surface area contributed by atoms with Crippen LogP contribution < -0.4 is 5.32 Å². The number of fused-ring (bicyclic) bond motifs is 1. The van der Waals surface area contributed by atoms with E-state index in [-0.39, 0.29) is 5.91 Å². The van der Waals surface area contributed by atoms with E-state index in [1.807, 2.05) is 18.2 Å². The third-order valence-electron chi connectivity index (χ3n) is 3.71. The molecule has 0 bridgehead atoms. The third-order valence-corrected chi connectivity index (χ3v) is 3.71. The maximum absolute atomic E-state index is 12.1. The molecule has 1 N–H and O–H groups in total. The summed E-state index contributed by atoms with van der Waals surface area (Å²) in [5.74, 6) is 0.775. The Bertz CT molecular complexity index is 590. The molecule has 0 radical (unpaired) electrons. The van der Waals surface area contributed by atoms with Gasteiger partial charge in [-0.1, -0.05) is 35.5 Å². The topological polar surface area (TPSA) is 55.1 Å². The molecule has 0 aliphatic heterocycles. The first kappa shape index (κ1) is 12.9. The second-order valence-corrected chi connectivity index (χ2v) is 5.13. The van der Waals surface area contributed by atoms with Crippen LogP contribution in [-0.4, -0.2) is 17.6 Å². The Hall–Kier alpha value is -2.10. The Labute approximate surface area is 118 Å². The molecule has 1 amide bonds. The van der Waals surface area contributed by atoms with Gasteiger partial charge in [0.15, 0.2) is 5.69 Å². The highest BCUT2D eigenvalue weighted by atomic mass is 16.5. The van der Waals surface area contributed by atoms with Crippen molar-refractivity contribution in [1.29, 1.82) is 0 Å². The first-order chi connectivity index (χ1) is 9.84. The summed E-state index contributed by atoms with van der Waals surface area (Å²) in [5.41, 5.74) is 2.70. The van der Waals surface area contributed by atoms with Crippen LogP contribution in [-0.2, 0) is 19.3 Å². The van der Waals surface area contributed by atoms with Crippen molar-refractivity contribution in [2.24, 2.45) is 0 Å². The van der Waals surface area contributed by atoms with Crippen LogP contribution in [0.4, 0.5) is 0 Å². The Morgan fingerprint density at radius 1 is 1.20 bits per heavy atom. The summed E-state index contributed by atoms with van der Waals surface area (Å²) in [5, 5.41) is 6.86. The van der Waals surface area contributed by atoms with Crippen LogP contribution in [0.2, 0.25) is 0 Å². The van der Waals surface area contributed by atoms with Gasteiger partial charge in [-0.2, -0.15) is 0 Å². The van der Waals surface area contributed by atoms with Crippen LogP contribution in [0.5, 0.6) is 0 Å². The van der Waals surface area contributed by atoms with E-state index in [1.54, 1.807) is 0 Å². The average molecular weight is 270 g/mol. The summed E-state index contributed by atoms with van der Waals surface area (Å²) >= 11 is 0. The second-order valence-electron chi connectivity index (χ2n) is 5.13. The van der Waals surface area contributed by atoms with Gasteiger partial charge in [-0.3, -0.25) is 4.79 Å². The monoisotopic (exact) mass is 270 g/mol. The summed E-state index contributed by atoms with van der Waals surface area (Å²) in [6, 6.07) is 10.1. The van der Waals surface area contributed by atoms with Crippen LogP contribution in [0.15, 0.2) is 34.9 Å². The van der Waals surface area contributed by atoms with E-state index >= 15 is 0 Å². The first-order valence-corrected chi connectivity index (χ1v) is 7.14. The molecule has 1 aromatic heterocycles. The van der Waals surface area contributed by atoms with Crippen molar-refractivity contribution in [3.8, 4) is 0 Å². The summed E-state index contributed by atoms with van der Waals surface area (Å²) in [7, 11) is 0. The lowest BCUT2D eigenvalue weighted by atomic mass is 9.96. The summed E-state index contributed by atoms with van der Waals surface area (Å²) in [4.78, 5) is 12.1. The molecule has 1 aromatic carbocycles. The molecule has 0 atom stereocenters. The Morgan fingerprint density at radius 2 is 2.00 bits per heavy atom. The summed E-state index contributed by atoms with van der Waals surface area (Å²) in [6.07, 6.45) is 4.86. The molecule has 1 aliphatic carbocycles. The fourth-order valence-electron chi connectivity index (χ4n) is 2.61. The molecule has 0 saturated carbocycles. The van der Waals surface area contributed by atoms with Crippen LogP contribution in [0.25, 0.3) is 0 Å². The number of nitrogens with one attached hydrogen (secondary N) is 1. The third kappa shape index (κ3) is 2.74. The highest BCUT2D eigenvalue weighted by Gasteiger charge is 2.23. The normalized spacial score (nSPS) is 13.8. The van der Waals surface area contributed by atoms with E-state index in [0.29, 0.717) is 12.2 Å². The summed E-state index contributed by atoms with van der Waals surface area (Å²) in [6.45, 7) is 0.616. The largest absolute Gasteiger partial charge is 0.360 e. The number of nitrogens with zero attached hydrogens (tertiary/aromatic N) is 1. The maximum atomic E-state index is 12.1. The highest BCUT2D eigenvalue weighted by molar-refractivity contribution is 5.93. The van der Waals surface area contributed by atoms with Gasteiger partial charge in [-0.15, -0.1) is 0 Å². The lowest BCUT2D eigenvalue weighted by molar-refractivity contribution is 0.0944. The number of aryl methyl sites for hydroxylation is 1. The molecule has 0 spiro atoms. The molecular weight excluding hydrogens is 252 g/mol. The predicted molar refractivity (Wildman–Crippen MR) is 75.6 cm³/mol. The van der Waals surface area contributed by atoms with Gasteiger partial charge in [0.1, 0.15) is 5.76 Å². The minimum absolute atomic E-state index is 0.118. The van der Waals surface area contributed by atoms with Gasteiger partial charge in [0.05, 0.1) is 0 Å². The smallest absolute Gasteiger partial charge is 0.273 e. The Kier molecular flexibility index (Phi) is 3.81. The Balaban J connectivity index is 1.58.